The average Bonchev–Trinajstić information content (AvgIpc) is 3.27. The van der Waals surface area contributed by atoms with Crippen LogP contribution in [0.3, 0.4) is 0 Å². The number of aryl methyl sites for hydroxylation is 1. The topological polar surface area (TPSA) is 103 Å². The Bertz CT molecular complexity index is 1500. The maximum Gasteiger partial charge on any atom is 0.146 e. The molecule has 0 amide bonds. The molecule has 184 valence electrons. The Kier molecular flexibility index (Phi) is 6.25. The summed E-state index contributed by atoms with van der Waals surface area (Å²) in [4.78, 5) is 10.9. The van der Waals surface area contributed by atoms with Gasteiger partial charge in [-0.25, -0.2) is 4.98 Å². The molecule has 1 atom stereocenters. The fraction of sp³-hybridized carbons (Fsp3) is 0.308. The number of ether oxygens (including phenoxy) is 1. The molecule has 5 rings (SSSR count). The number of pyridine rings is 2. The molecule has 0 aliphatic carbocycles. The van der Waals surface area contributed by atoms with Crippen molar-refractivity contribution in [1.29, 1.82) is 5.26 Å². The first-order valence-electron chi connectivity index (χ1n) is 11.5. The molecule has 1 saturated heterocycles. The van der Waals surface area contributed by atoms with Crippen molar-refractivity contribution in [2.45, 2.75) is 32.4 Å². The number of likely N-dealkylation sites (N-methyl/N-ethyl adjacent to an activating group) is 1. The summed E-state index contributed by atoms with van der Waals surface area (Å²) in [6.07, 6.45) is 2.94. The first-order valence-corrected chi connectivity index (χ1v) is 12.3. The van der Waals surface area contributed by atoms with Gasteiger partial charge in [0.15, 0.2) is 0 Å². The fourth-order valence-corrected chi connectivity index (χ4v) is 5.18. The molecule has 0 radical (unpaired) electrons. The van der Waals surface area contributed by atoms with Crippen molar-refractivity contribution in [2.75, 3.05) is 25.0 Å². The van der Waals surface area contributed by atoms with Gasteiger partial charge in [-0.1, -0.05) is 23.2 Å². The molecule has 4 aromatic rings. The van der Waals surface area contributed by atoms with Crippen molar-refractivity contribution < 1.29 is 4.74 Å². The zero-order chi connectivity index (χ0) is 25.6. The molecule has 10 heteroatoms. The lowest BCUT2D eigenvalue weighted by molar-refractivity contribution is 0.227. The van der Waals surface area contributed by atoms with Crippen molar-refractivity contribution in [3.05, 3.63) is 63.5 Å². The summed E-state index contributed by atoms with van der Waals surface area (Å²) in [6.45, 7) is 7.45. The van der Waals surface area contributed by atoms with Crippen LogP contribution in [0, 0.1) is 18.3 Å². The molecule has 0 bridgehead atoms. The van der Waals surface area contributed by atoms with E-state index in [1.165, 1.54) is 0 Å². The van der Waals surface area contributed by atoms with Gasteiger partial charge >= 0.3 is 0 Å². The molecular weight excluding hydrogens is 497 g/mol. The molecule has 1 aliphatic heterocycles. The van der Waals surface area contributed by atoms with E-state index in [4.69, 9.17) is 27.9 Å². The van der Waals surface area contributed by atoms with Crippen LogP contribution in [0.2, 0.25) is 10.0 Å². The first-order chi connectivity index (χ1) is 17.2. The Balaban J connectivity index is 1.45. The maximum absolute atomic E-state index is 9.82. The third kappa shape index (κ3) is 4.24. The Morgan fingerprint density at radius 1 is 1.22 bits per heavy atom. The third-order valence-electron chi connectivity index (χ3n) is 6.68. The van der Waals surface area contributed by atoms with Crippen molar-refractivity contribution in [3.63, 3.8) is 0 Å². The number of anilines is 1. The van der Waals surface area contributed by atoms with Crippen molar-refractivity contribution >= 4 is 39.9 Å². The number of aromatic amines is 1. The van der Waals surface area contributed by atoms with E-state index < -0.39 is 6.10 Å². The molecule has 8 nitrogen and oxygen atoms in total. The molecule has 0 unspecified atom stereocenters. The SMILES string of the molecule is CNC1(C)CN(c2ncc(-c3n[nH]c4ccc(O[C@H](C)c5c(Cl)cnc(C)c5Cl)cc34)cc2C#N)C1. The van der Waals surface area contributed by atoms with Crippen molar-refractivity contribution in [2.24, 2.45) is 0 Å². The van der Waals surface area contributed by atoms with Crippen LogP contribution >= 0.6 is 23.2 Å². The molecule has 2 N–H and O–H groups in total. The van der Waals surface area contributed by atoms with E-state index in [0.717, 1.165) is 29.6 Å². The number of H-pyrrole nitrogens is 1. The van der Waals surface area contributed by atoms with E-state index >= 15 is 0 Å². The minimum Gasteiger partial charge on any atom is -0.486 e. The monoisotopic (exact) mass is 521 g/mol. The summed E-state index contributed by atoms with van der Waals surface area (Å²) in [6, 6.07) is 9.81. The highest BCUT2D eigenvalue weighted by molar-refractivity contribution is 6.36. The van der Waals surface area contributed by atoms with Crippen LogP contribution in [0.4, 0.5) is 5.82 Å². The molecule has 0 spiro atoms. The van der Waals surface area contributed by atoms with Gasteiger partial charge in [-0.15, -0.1) is 0 Å². The van der Waals surface area contributed by atoms with Gasteiger partial charge in [-0.3, -0.25) is 10.1 Å². The number of nitriles is 1. The van der Waals surface area contributed by atoms with E-state index in [-0.39, 0.29) is 5.54 Å². The molecule has 0 saturated carbocycles. The van der Waals surface area contributed by atoms with Gasteiger partial charge in [0.1, 0.15) is 29.4 Å². The average molecular weight is 522 g/mol. The van der Waals surface area contributed by atoms with Crippen LogP contribution in [0.5, 0.6) is 5.75 Å². The number of benzene rings is 1. The molecular formula is C26H25Cl2N7O. The minimum absolute atomic E-state index is 0.0302. The summed E-state index contributed by atoms with van der Waals surface area (Å²) in [5.41, 5.74) is 4.21. The number of fused-ring (bicyclic) bond motifs is 1. The van der Waals surface area contributed by atoms with Gasteiger partial charge in [-0.2, -0.15) is 10.4 Å². The van der Waals surface area contributed by atoms with E-state index in [2.05, 4.69) is 43.4 Å². The van der Waals surface area contributed by atoms with Crippen LogP contribution < -0.4 is 15.0 Å². The number of hydrogen-bond donors (Lipinski definition) is 2. The van der Waals surface area contributed by atoms with Crippen LogP contribution in [-0.2, 0) is 0 Å². The highest BCUT2D eigenvalue weighted by Gasteiger charge is 2.39. The predicted molar refractivity (Wildman–Crippen MR) is 142 cm³/mol. The Labute approximate surface area is 219 Å². The summed E-state index contributed by atoms with van der Waals surface area (Å²) in [5.74, 6) is 1.32. The maximum atomic E-state index is 9.82. The quantitative estimate of drug-likeness (QED) is 0.347. The Morgan fingerprint density at radius 2 is 2.00 bits per heavy atom. The summed E-state index contributed by atoms with van der Waals surface area (Å²) >= 11 is 12.8. The summed E-state index contributed by atoms with van der Waals surface area (Å²) in [5, 5.41) is 22.5. The largest absolute Gasteiger partial charge is 0.486 e. The van der Waals surface area contributed by atoms with Crippen molar-refractivity contribution in [3.8, 4) is 23.1 Å². The number of halogens is 2. The number of nitrogens with zero attached hydrogens (tertiary/aromatic N) is 5. The van der Waals surface area contributed by atoms with Gasteiger partial charge in [0.2, 0.25) is 0 Å². The second-order valence-electron chi connectivity index (χ2n) is 9.33. The van der Waals surface area contributed by atoms with Crippen LogP contribution in [0.15, 0.2) is 36.7 Å². The van der Waals surface area contributed by atoms with Gasteiger partial charge in [0, 0.05) is 42.0 Å². The Morgan fingerprint density at radius 3 is 2.72 bits per heavy atom. The molecule has 1 aliphatic rings. The molecule has 4 heterocycles. The summed E-state index contributed by atoms with van der Waals surface area (Å²) in [7, 11) is 1.95. The van der Waals surface area contributed by atoms with E-state index in [1.807, 2.05) is 45.2 Å². The number of nitrogens with one attached hydrogen (secondary N) is 2. The zero-order valence-corrected chi connectivity index (χ0v) is 21.9. The van der Waals surface area contributed by atoms with Gasteiger partial charge in [-0.05, 0) is 52.1 Å². The fourth-order valence-electron chi connectivity index (χ4n) is 4.53. The lowest BCUT2D eigenvalue weighted by Crippen LogP contribution is -2.67. The smallest absolute Gasteiger partial charge is 0.146 e. The third-order valence-corrected chi connectivity index (χ3v) is 7.46. The van der Waals surface area contributed by atoms with Crippen LogP contribution in [-0.4, -0.2) is 45.8 Å². The van der Waals surface area contributed by atoms with Crippen LogP contribution in [0.25, 0.3) is 22.2 Å². The lowest BCUT2D eigenvalue weighted by atomic mass is 9.92. The Hall–Kier alpha value is -3.38. The standard InChI is InChI=1S/C26H25Cl2N7O/c1-14-23(28)22(20(27)11-31-14)15(2)36-18-5-6-21-19(8-18)24(34-33-21)17-7-16(9-29)25(32-10-17)35-12-26(3,13-35)30-4/h5-8,10-11,15,30H,12-13H2,1-4H3,(H,33,34)/t15-/m1/s1. The van der Waals surface area contributed by atoms with E-state index in [0.29, 0.717) is 44.1 Å². The first kappa shape index (κ1) is 24.3. The predicted octanol–water partition coefficient (Wildman–Crippen LogP) is 5.44. The van der Waals surface area contributed by atoms with Crippen LogP contribution in [0.1, 0.15) is 36.8 Å². The second kappa shape index (κ2) is 9.25. The highest BCUT2D eigenvalue weighted by Crippen LogP contribution is 2.37. The second-order valence-corrected chi connectivity index (χ2v) is 10.1. The molecule has 36 heavy (non-hydrogen) atoms. The van der Waals surface area contributed by atoms with E-state index in [9.17, 15) is 5.26 Å². The van der Waals surface area contributed by atoms with E-state index in [1.54, 1.807) is 12.4 Å². The lowest BCUT2D eigenvalue weighted by Gasteiger charge is -2.48. The molecule has 3 aromatic heterocycles. The molecule has 1 fully saturated rings. The number of aromatic nitrogens is 4. The number of hydrogen-bond acceptors (Lipinski definition) is 7. The normalized spacial score (nSPS) is 15.4. The zero-order valence-electron chi connectivity index (χ0n) is 20.4. The highest BCUT2D eigenvalue weighted by atomic mass is 35.5. The van der Waals surface area contributed by atoms with Gasteiger partial charge in [0.25, 0.3) is 0 Å². The minimum atomic E-state index is -0.398. The van der Waals surface area contributed by atoms with Gasteiger partial charge < -0.3 is 15.0 Å². The van der Waals surface area contributed by atoms with Gasteiger partial charge in [0.05, 0.1) is 32.4 Å². The van der Waals surface area contributed by atoms with Crippen molar-refractivity contribution in [1.82, 2.24) is 25.5 Å². The number of rotatable bonds is 6. The summed E-state index contributed by atoms with van der Waals surface area (Å²) < 4.78 is 6.21. The molecule has 1 aromatic carbocycles.